The number of amides is 1. The third-order valence-electron chi connectivity index (χ3n) is 5.55. The molecule has 0 radical (unpaired) electrons. The van der Waals surface area contributed by atoms with Crippen molar-refractivity contribution in [3.8, 4) is 0 Å². The standard InChI is InChI=1S/C21H30N2O3/c1-15-4-3-5-17(10-15)11-20(24)22-13-19-9-8-18(12-21(25)26-2)23(19)14-16-6-7-16/h3-5,10,16,18-19H,6-9,11-14H2,1-2H3,(H,22,24)/t18-,19+/m1/s1. The number of hydrogen-bond acceptors (Lipinski definition) is 4. The second-order valence-corrected chi connectivity index (χ2v) is 7.78. The lowest BCUT2D eigenvalue weighted by Crippen LogP contribution is -2.45. The van der Waals surface area contributed by atoms with Crippen LogP contribution in [-0.4, -0.2) is 49.1 Å². The molecule has 5 heteroatoms. The van der Waals surface area contributed by atoms with E-state index in [4.69, 9.17) is 4.74 Å². The summed E-state index contributed by atoms with van der Waals surface area (Å²) in [6.45, 7) is 3.74. The molecule has 3 rings (SSSR count). The number of carbonyl (C=O) groups excluding carboxylic acids is 2. The van der Waals surface area contributed by atoms with Gasteiger partial charge in [-0.15, -0.1) is 0 Å². The number of rotatable bonds is 8. The Kier molecular flexibility index (Phi) is 6.30. The van der Waals surface area contributed by atoms with Crippen LogP contribution >= 0.6 is 0 Å². The Labute approximate surface area is 156 Å². The summed E-state index contributed by atoms with van der Waals surface area (Å²) in [5, 5.41) is 3.11. The van der Waals surface area contributed by atoms with Crippen molar-refractivity contribution in [3.05, 3.63) is 35.4 Å². The van der Waals surface area contributed by atoms with Gasteiger partial charge in [-0.3, -0.25) is 14.5 Å². The first-order valence-electron chi connectivity index (χ1n) is 9.70. The SMILES string of the molecule is COC(=O)C[C@H]1CC[C@@H](CNC(=O)Cc2cccc(C)c2)N1CC1CC1. The van der Waals surface area contributed by atoms with Crippen LogP contribution in [0.3, 0.4) is 0 Å². The summed E-state index contributed by atoms with van der Waals surface area (Å²) < 4.78 is 4.86. The van der Waals surface area contributed by atoms with E-state index >= 15 is 0 Å². The number of methoxy groups -OCH3 is 1. The van der Waals surface area contributed by atoms with Gasteiger partial charge in [-0.25, -0.2) is 0 Å². The monoisotopic (exact) mass is 358 g/mol. The summed E-state index contributed by atoms with van der Waals surface area (Å²) >= 11 is 0. The van der Waals surface area contributed by atoms with Crippen LogP contribution in [0.4, 0.5) is 0 Å². The first-order chi connectivity index (χ1) is 12.5. The van der Waals surface area contributed by atoms with Crippen molar-refractivity contribution in [2.45, 2.75) is 57.5 Å². The first kappa shape index (κ1) is 18.9. The normalized spacial score (nSPS) is 23.0. The van der Waals surface area contributed by atoms with E-state index in [1.165, 1.54) is 25.5 Å². The molecule has 1 aromatic carbocycles. The fourth-order valence-corrected chi connectivity index (χ4v) is 3.93. The van der Waals surface area contributed by atoms with Gasteiger partial charge in [0, 0.05) is 25.2 Å². The molecule has 0 aromatic heterocycles. The minimum Gasteiger partial charge on any atom is -0.469 e. The van der Waals surface area contributed by atoms with Crippen LogP contribution in [-0.2, 0) is 20.7 Å². The number of nitrogens with zero attached hydrogens (tertiary/aromatic N) is 1. The Balaban J connectivity index is 1.52. The Morgan fingerprint density at radius 1 is 1.19 bits per heavy atom. The molecular weight excluding hydrogens is 328 g/mol. The van der Waals surface area contributed by atoms with Crippen LogP contribution in [0.1, 0.15) is 43.2 Å². The van der Waals surface area contributed by atoms with E-state index in [-0.39, 0.29) is 17.9 Å². The number of esters is 1. The zero-order valence-electron chi connectivity index (χ0n) is 15.9. The van der Waals surface area contributed by atoms with Crippen LogP contribution in [0, 0.1) is 12.8 Å². The van der Waals surface area contributed by atoms with E-state index in [0.717, 1.165) is 30.9 Å². The van der Waals surface area contributed by atoms with Crippen LogP contribution < -0.4 is 5.32 Å². The van der Waals surface area contributed by atoms with Gasteiger partial charge in [0.1, 0.15) is 0 Å². The highest BCUT2D eigenvalue weighted by atomic mass is 16.5. The maximum atomic E-state index is 12.3. The topological polar surface area (TPSA) is 58.6 Å². The van der Waals surface area contributed by atoms with Gasteiger partial charge in [0.15, 0.2) is 0 Å². The highest BCUT2D eigenvalue weighted by Gasteiger charge is 2.38. The minimum absolute atomic E-state index is 0.0680. The van der Waals surface area contributed by atoms with Crippen molar-refractivity contribution >= 4 is 11.9 Å². The summed E-state index contributed by atoms with van der Waals surface area (Å²) in [6, 6.07) is 8.66. The molecule has 1 saturated heterocycles. The quantitative estimate of drug-likeness (QED) is 0.725. The van der Waals surface area contributed by atoms with Crippen molar-refractivity contribution in [1.29, 1.82) is 0 Å². The number of aryl methyl sites for hydroxylation is 1. The van der Waals surface area contributed by atoms with E-state index in [2.05, 4.69) is 16.3 Å². The van der Waals surface area contributed by atoms with Gasteiger partial charge in [-0.2, -0.15) is 0 Å². The lowest BCUT2D eigenvalue weighted by molar-refractivity contribution is -0.142. The molecule has 1 aliphatic heterocycles. The molecule has 1 heterocycles. The zero-order valence-corrected chi connectivity index (χ0v) is 15.9. The Morgan fingerprint density at radius 3 is 2.65 bits per heavy atom. The van der Waals surface area contributed by atoms with Crippen LogP contribution in [0.15, 0.2) is 24.3 Å². The molecule has 1 N–H and O–H groups in total. The van der Waals surface area contributed by atoms with Crippen molar-refractivity contribution in [2.75, 3.05) is 20.2 Å². The van der Waals surface area contributed by atoms with E-state index < -0.39 is 0 Å². The van der Waals surface area contributed by atoms with Gasteiger partial charge in [0.25, 0.3) is 0 Å². The predicted molar refractivity (Wildman–Crippen MR) is 101 cm³/mol. The van der Waals surface area contributed by atoms with Crippen LogP contribution in [0.2, 0.25) is 0 Å². The van der Waals surface area contributed by atoms with E-state index in [1.54, 1.807) is 0 Å². The Morgan fingerprint density at radius 2 is 1.96 bits per heavy atom. The van der Waals surface area contributed by atoms with Gasteiger partial charge in [0.05, 0.1) is 20.0 Å². The van der Waals surface area contributed by atoms with Crippen molar-refractivity contribution in [3.63, 3.8) is 0 Å². The van der Waals surface area contributed by atoms with Crippen LogP contribution in [0.25, 0.3) is 0 Å². The largest absolute Gasteiger partial charge is 0.469 e. The van der Waals surface area contributed by atoms with Gasteiger partial charge in [-0.1, -0.05) is 29.8 Å². The predicted octanol–water partition coefficient (Wildman–Crippen LogP) is 2.46. The molecule has 0 spiro atoms. The minimum atomic E-state index is -0.139. The van der Waals surface area contributed by atoms with E-state index in [1.807, 2.05) is 25.1 Å². The molecule has 142 valence electrons. The molecule has 1 amide bonds. The maximum Gasteiger partial charge on any atom is 0.307 e. The fraction of sp³-hybridized carbons (Fsp3) is 0.619. The summed E-state index contributed by atoms with van der Waals surface area (Å²) in [5.74, 6) is 0.692. The smallest absolute Gasteiger partial charge is 0.307 e. The molecule has 2 aliphatic rings. The van der Waals surface area contributed by atoms with Gasteiger partial charge >= 0.3 is 5.97 Å². The second kappa shape index (κ2) is 8.67. The number of nitrogens with one attached hydrogen (secondary N) is 1. The molecule has 1 aliphatic carbocycles. The highest BCUT2D eigenvalue weighted by molar-refractivity contribution is 5.78. The van der Waals surface area contributed by atoms with Crippen molar-refractivity contribution in [1.82, 2.24) is 10.2 Å². The molecular formula is C21H30N2O3. The molecule has 26 heavy (non-hydrogen) atoms. The maximum absolute atomic E-state index is 12.3. The number of benzene rings is 1. The summed E-state index contributed by atoms with van der Waals surface area (Å²) in [4.78, 5) is 26.5. The summed E-state index contributed by atoms with van der Waals surface area (Å²) in [6.07, 6.45) is 5.47. The van der Waals surface area contributed by atoms with E-state index in [9.17, 15) is 9.59 Å². The number of hydrogen-bond donors (Lipinski definition) is 1. The summed E-state index contributed by atoms with van der Waals surface area (Å²) in [7, 11) is 1.45. The third-order valence-corrected chi connectivity index (χ3v) is 5.55. The molecule has 0 unspecified atom stereocenters. The Bertz CT molecular complexity index is 642. The molecule has 1 saturated carbocycles. The third kappa shape index (κ3) is 5.31. The average Bonchev–Trinajstić information content (AvgIpc) is 3.35. The number of likely N-dealkylation sites (tertiary alicyclic amines) is 1. The Hall–Kier alpha value is -1.88. The molecule has 5 nitrogen and oxygen atoms in total. The average molecular weight is 358 g/mol. The fourth-order valence-electron chi connectivity index (χ4n) is 3.93. The van der Waals surface area contributed by atoms with Crippen molar-refractivity contribution < 1.29 is 14.3 Å². The molecule has 2 fully saturated rings. The highest BCUT2D eigenvalue weighted by Crippen LogP contribution is 2.35. The number of ether oxygens (including phenoxy) is 1. The molecule has 1 aromatic rings. The van der Waals surface area contributed by atoms with E-state index in [0.29, 0.717) is 25.4 Å². The van der Waals surface area contributed by atoms with Crippen LogP contribution in [0.5, 0.6) is 0 Å². The lowest BCUT2D eigenvalue weighted by atomic mass is 10.1. The first-order valence-corrected chi connectivity index (χ1v) is 9.70. The van der Waals surface area contributed by atoms with Gasteiger partial charge < -0.3 is 10.1 Å². The number of carbonyl (C=O) groups is 2. The lowest BCUT2D eigenvalue weighted by Gasteiger charge is -2.30. The van der Waals surface area contributed by atoms with Crippen molar-refractivity contribution in [2.24, 2.45) is 5.92 Å². The van der Waals surface area contributed by atoms with Gasteiger partial charge in [0.2, 0.25) is 5.91 Å². The second-order valence-electron chi connectivity index (χ2n) is 7.78. The zero-order chi connectivity index (χ0) is 18.5. The molecule has 0 bridgehead atoms. The molecule has 2 atom stereocenters. The van der Waals surface area contributed by atoms with Gasteiger partial charge in [-0.05, 0) is 44.1 Å². The summed E-state index contributed by atoms with van der Waals surface area (Å²) in [5.41, 5.74) is 2.22.